The molecule has 0 bridgehead atoms. The Morgan fingerprint density at radius 3 is 2.71 bits per heavy atom. The third-order valence-corrected chi connectivity index (χ3v) is 3.62. The molecule has 0 spiro atoms. The minimum atomic E-state index is -2.86. The number of hydrogen-bond acceptors (Lipinski definition) is 4. The van der Waals surface area contributed by atoms with Crippen molar-refractivity contribution in [2.75, 3.05) is 20.2 Å². The molecule has 2 atom stereocenters. The van der Waals surface area contributed by atoms with Crippen molar-refractivity contribution in [3.05, 3.63) is 23.8 Å². The second kappa shape index (κ2) is 7.04. The van der Waals surface area contributed by atoms with Crippen molar-refractivity contribution in [1.29, 1.82) is 0 Å². The molecule has 0 aromatic heterocycles. The Kier molecular flexibility index (Phi) is 5.36. The molecule has 21 heavy (non-hydrogen) atoms. The Morgan fingerprint density at radius 1 is 1.33 bits per heavy atom. The zero-order valence-electron chi connectivity index (χ0n) is 12.4. The minimum absolute atomic E-state index is 0.0688. The third kappa shape index (κ3) is 4.54. The average Bonchev–Trinajstić information content (AvgIpc) is 2.37. The van der Waals surface area contributed by atoms with Crippen LogP contribution in [0.2, 0.25) is 0 Å². The first-order valence-electron chi connectivity index (χ1n) is 7.07. The number of alkyl halides is 2. The summed E-state index contributed by atoms with van der Waals surface area (Å²) in [6.45, 7) is 1.76. The fourth-order valence-corrected chi connectivity index (χ4v) is 2.91. The zero-order chi connectivity index (χ0) is 15.4. The maximum atomic E-state index is 12.4. The molecule has 1 fully saturated rings. The molecule has 4 nitrogen and oxygen atoms in total. The summed E-state index contributed by atoms with van der Waals surface area (Å²) in [6, 6.07) is 5.29. The first-order valence-corrected chi connectivity index (χ1v) is 7.07. The molecular formula is C15H22F2N2O2. The van der Waals surface area contributed by atoms with E-state index in [0.29, 0.717) is 18.2 Å². The second-order valence-corrected chi connectivity index (χ2v) is 5.66. The largest absolute Gasteiger partial charge is 0.493 e. The molecule has 6 heteroatoms. The normalized spacial score (nSPS) is 23.3. The fraction of sp³-hybridized carbons (Fsp3) is 0.600. The Labute approximate surface area is 123 Å². The summed E-state index contributed by atoms with van der Waals surface area (Å²) in [4.78, 5) is 2.24. The predicted molar refractivity (Wildman–Crippen MR) is 76.7 cm³/mol. The van der Waals surface area contributed by atoms with E-state index in [1.165, 1.54) is 7.11 Å². The quantitative estimate of drug-likeness (QED) is 0.907. The molecule has 1 aromatic carbocycles. The van der Waals surface area contributed by atoms with Gasteiger partial charge in [-0.2, -0.15) is 8.78 Å². The van der Waals surface area contributed by atoms with Crippen LogP contribution in [-0.4, -0.2) is 37.8 Å². The van der Waals surface area contributed by atoms with E-state index in [0.717, 1.165) is 25.1 Å². The van der Waals surface area contributed by atoms with Crippen LogP contribution in [0.1, 0.15) is 18.9 Å². The SMILES string of the molecule is COc1ccc(CN2CC(C)CC(N)C2)cc1OC(F)F. The highest BCUT2D eigenvalue weighted by Gasteiger charge is 2.22. The van der Waals surface area contributed by atoms with Gasteiger partial charge in [0.05, 0.1) is 7.11 Å². The summed E-state index contributed by atoms with van der Waals surface area (Å²) in [6.07, 6.45) is 1.03. The zero-order valence-corrected chi connectivity index (χ0v) is 12.4. The van der Waals surface area contributed by atoms with Crippen molar-refractivity contribution in [3.63, 3.8) is 0 Å². The van der Waals surface area contributed by atoms with Crippen LogP contribution in [0.15, 0.2) is 18.2 Å². The smallest absolute Gasteiger partial charge is 0.387 e. The average molecular weight is 300 g/mol. The lowest BCUT2D eigenvalue weighted by Gasteiger charge is -2.34. The molecule has 2 rings (SSSR count). The van der Waals surface area contributed by atoms with Gasteiger partial charge in [0.2, 0.25) is 0 Å². The highest BCUT2D eigenvalue weighted by atomic mass is 19.3. The van der Waals surface area contributed by atoms with Gasteiger partial charge in [-0.1, -0.05) is 13.0 Å². The Hall–Kier alpha value is -1.40. The fourth-order valence-electron chi connectivity index (χ4n) is 2.91. The molecule has 1 saturated heterocycles. The maximum Gasteiger partial charge on any atom is 0.387 e. The van der Waals surface area contributed by atoms with Crippen molar-refractivity contribution in [2.45, 2.75) is 32.5 Å². The van der Waals surface area contributed by atoms with E-state index in [9.17, 15) is 8.78 Å². The van der Waals surface area contributed by atoms with E-state index in [1.807, 2.05) is 6.07 Å². The van der Waals surface area contributed by atoms with Gasteiger partial charge in [0.15, 0.2) is 11.5 Å². The second-order valence-electron chi connectivity index (χ2n) is 5.66. The summed E-state index contributed by atoms with van der Waals surface area (Å²) in [5, 5.41) is 0. The summed E-state index contributed by atoms with van der Waals surface area (Å²) in [7, 11) is 1.43. The van der Waals surface area contributed by atoms with Crippen LogP contribution in [0.25, 0.3) is 0 Å². The lowest BCUT2D eigenvalue weighted by atomic mass is 9.96. The summed E-state index contributed by atoms with van der Waals surface area (Å²) < 4.78 is 34.4. The lowest BCUT2D eigenvalue weighted by Crippen LogP contribution is -2.45. The number of methoxy groups -OCH3 is 1. The molecule has 1 aliphatic rings. The third-order valence-electron chi connectivity index (χ3n) is 3.62. The van der Waals surface area contributed by atoms with Gasteiger partial charge in [0, 0.05) is 25.7 Å². The number of halogens is 2. The first-order chi connectivity index (χ1) is 9.97. The Bertz CT molecular complexity index is 461. The van der Waals surface area contributed by atoms with Gasteiger partial charge < -0.3 is 15.2 Å². The van der Waals surface area contributed by atoms with Crippen molar-refractivity contribution in [3.8, 4) is 11.5 Å². The van der Waals surface area contributed by atoms with Gasteiger partial charge in [0.1, 0.15) is 0 Å². The number of rotatable bonds is 5. The Morgan fingerprint density at radius 2 is 2.10 bits per heavy atom. The number of nitrogens with two attached hydrogens (primary N) is 1. The summed E-state index contributed by atoms with van der Waals surface area (Å²) >= 11 is 0. The number of piperidine rings is 1. The number of likely N-dealkylation sites (tertiary alicyclic amines) is 1. The van der Waals surface area contributed by atoms with Crippen LogP contribution in [0, 0.1) is 5.92 Å². The molecule has 2 N–H and O–H groups in total. The monoisotopic (exact) mass is 300 g/mol. The molecule has 1 heterocycles. The molecule has 0 amide bonds. The maximum absolute atomic E-state index is 12.4. The summed E-state index contributed by atoms with van der Waals surface area (Å²) in [5.74, 6) is 0.922. The molecule has 2 unspecified atom stereocenters. The molecule has 0 radical (unpaired) electrons. The van der Waals surface area contributed by atoms with E-state index < -0.39 is 6.61 Å². The number of benzene rings is 1. The van der Waals surface area contributed by atoms with Crippen LogP contribution >= 0.6 is 0 Å². The van der Waals surface area contributed by atoms with E-state index in [4.69, 9.17) is 10.5 Å². The summed E-state index contributed by atoms with van der Waals surface area (Å²) in [5.41, 5.74) is 6.94. The van der Waals surface area contributed by atoms with Crippen molar-refractivity contribution in [2.24, 2.45) is 11.7 Å². The van der Waals surface area contributed by atoms with E-state index in [2.05, 4.69) is 16.6 Å². The van der Waals surface area contributed by atoms with Crippen molar-refractivity contribution < 1.29 is 18.3 Å². The van der Waals surface area contributed by atoms with Gasteiger partial charge in [-0.3, -0.25) is 4.90 Å². The minimum Gasteiger partial charge on any atom is -0.493 e. The van der Waals surface area contributed by atoms with Gasteiger partial charge >= 0.3 is 6.61 Å². The van der Waals surface area contributed by atoms with E-state index in [1.54, 1.807) is 12.1 Å². The molecular weight excluding hydrogens is 278 g/mol. The van der Waals surface area contributed by atoms with E-state index in [-0.39, 0.29) is 11.8 Å². The van der Waals surface area contributed by atoms with Gasteiger partial charge in [-0.05, 0) is 30.0 Å². The highest BCUT2D eigenvalue weighted by molar-refractivity contribution is 5.43. The molecule has 118 valence electrons. The van der Waals surface area contributed by atoms with Gasteiger partial charge in [0.25, 0.3) is 0 Å². The molecule has 0 aliphatic carbocycles. The molecule has 0 saturated carbocycles. The van der Waals surface area contributed by atoms with Crippen LogP contribution in [-0.2, 0) is 6.54 Å². The van der Waals surface area contributed by atoms with Crippen LogP contribution < -0.4 is 15.2 Å². The number of hydrogen-bond donors (Lipinski definition) is 1. The molecule has 1 aliphatic heterocycles. The predicted octanol–water partition coefficient (Wildman–Crippen LogP) is 2.47. The standard InChI is InChI=1S/C15H22F2N2O2/c1-10-5-12(18)9-19(7-10)8-11-3-4-13(20-2)14(6-11)21-15(16)17/h3-4,6,10,12,15H,5,7-9,18H2,1-2H3. The van der Waals surface area contributed by atoms with E-state index >= 15 is 0 Å². The van der Waals surface area contributed by atoms with Gasteiger partial charge in [-0.15, -0.1) is 0 Å². The van der Waals surface area contributed by atoms with Crippen molar-refractivity contribution in [1.82, 2.24) is 4.90 Å². The van der Waals surface area contributed by atoms with Crippen LogP contribution in [0.5, 0.6) is 11.5 Å². The Balaban J connectivity index is 2.09. The highest BCUT2D eigenvalue weighted by Crippen LogP contribution is 2.30. The van der Waals surface area contributed by atoms with Crippen LogP contribution in [0.4, 0.5) is 8.78 Å². The molecule has 1 aromatic rings. The first kappa shape index (κ1) is 16.0. The van der Waals surface area contributed by atoms with Crippen molar-refractivity contribution >= 4 is 0 Å². The number of ether oxygens (including phenoxy) is 2. The number of nitrogens with zero attached hydrogens (tertiary/aromatic N) is 1. The lowest BCUT2D eigenvalue weighted by molar-refractivity contribution is -0.0512. The van der Waals surface area contributed by atoms with Gasteiger partial charge in [-0.25, -0.2) is 0 Å². The topological polar surface area (TPSA) is 47.7 Å². The van der Waals surface area contributed by atoms with Crippen LogP contribution in [0.3, 0.4) is 0 Å².